The van der Waals surface area contributed by atoms with Crippen molar-refractivity contribution in [3.05, 3.63) is 72.3 Å². The van der Waals surface area contributed by atoms with Crippen molar-refractivity contribution >= 4 is 20.9 Å². The van der Waals surface area contributed by atoms with Crippen LogP contribution in [0.15, 0.2) is 71.6 Å². The minimum atomic E-state index is -3.87. The summed E-state index contributed by atoms with van der Waals surface area (Å²) in [5.74, 6) is 0.341. The van der Waals surface area contributed by atoms with Crippen LogP contribution in [0.1, 0.15) is 26.3 Å². The van der Waals surface area contributed by atoms with Crippen LogP contribution in [0.3, 0.4) is 0 Å². The summed E-state index contributed by atoms with van der Waals surface area (Å²) in [6.45, 7) is 6.26. The van der Waals surface area contributed by atoms with Gasteiger partial charge in [0.15, 0.2) is 5.75 Å². The molecule has 4 heteroatoms. The molecule has 0 radical (unpaired) electrons. The second kappa shape index (κ2) is 5.95. The van der Waals surface area contributed by atoms with Crippen LogP contribution in [-0.2, 0) is 15.5 Å². The Morgan fingerprint density at radius 2 is 1.42 bits per heavy atom. The summed E-state index contributed by atoms with van der Waals surface area (Å²) in [6, 6.07) is 19.8. The van der Waals surface area contributed by atoms with Gasteiger partial charge in [-0.2, -0.15) is 8.42 Å². The van der Waals surface area contributed by atoms with E-state index in [0.29, 0.717) is 5.75 Å². The normalized spacial score (nSPS) is 12.3. The van der Waals surface area contributed by atoms with Crippen molar-refractivity contribution in [1.82, 2.24) is 0 Å². The van der Waals surface area contributed by atoms with Gasteiger partial charge in [0.05, 0.1) is 0 Å². The first-order valence-corrected chi connectivity index (χ1v) is 9.21. The number of fused-ring (bicyclic) bond motifs is 1. The van der Waals surface area contributed by atoms with Crippen LogP contribution in [-0.4, -0.2) is 8.42 Å². The van der Waals surface area contributed by atoms with Gasteiger partial charge in [-0.05, 0) is 34.6 Å². The third-order valence-corrected chi connectivity index (χ3v) is 5.21. The molecule has 0 amide bonds. The van der Waals surface area contributed by atoms with E-state index >= 15 is 0 Å². The summed E-state index contributed by atoms with van der Waals surface area (Å²) in [7, 11) is -3.87. The lowest BCUT2D eigenvalue weighted by Gasteiger charge is -2.19. The van der Waals surface area contributed by atoms with Gasteiger partial charge in [-0.25, -0.2) is 0 Å². The molecule has 0 saturated carbocycles. The molecule has 0 unspecified atom stereocenters. The maximum Gasteiger partial charge on any atom is 0.339 e. The lowest BCUT2D eigenvalue weighted by Crippen LogP contribution is -2.13. The molecule has 124 valence electrons. The van der Waals surface area contributed by atoms with Crippen molar-refractivity contribution < 1.29 is 12.6 Å². The maximum absolute atomic E-state index is 12.6. The highest BCUT2D eigenvalue weighted by molar-refractivity contribution is 7.87. The lowest BCUT2D eigenvalue weighted by atomic mass is 9.87. The molecule has 3 nitrogen and oxygen atoms in total. The number of rotatable bonds is 3. The zero-order valence-corrected chi connectivity index (χ0v) is 14.8. The van der Waals surface area contributed by atoms with E-state index in [1.54, 1.807) is 24.3 Å². The van der Waals surface area contributed by atoms with Crippen molar-refractivity contribution in [2.24, 2.45) is 0 Å². The zero-order valence-electron chi connectivity index (χ0n) is 14.0. The molecule has 0 aliphatic heterocycles. The monoisotopic (exact) mass is 340 g/mol. The summed E-state index contributed by atoms with van der Waals surface area (Å²) < 4.78 is 30.6. The molecule has 3 aromatic carbocycles. The Bertz CT molecular complexity index is 960. The fraction of sp³-hybridized carbons (Fsp3) is 0.200. The predicted octanol–water partition coefficient (Wildman–Crippen LogP) is 4.91. The minimum absolute atomic E-state index is 0.0290. The second-order valence-electron chi connectivity index (χ2n) is 6.79. The van der Waals surface area contributed by atoms with Crippen LogP contribution in [0.4, 0.5) is 0 Å². The summed E-state index contributed by atoms with van der Waals surface area (Å²) in [5, 5.41) is 1.71. The van der Waals surface area contributed by atoms with Crippen molar-refractivity contribution in [3.8, 4) is 5.75 Å². The first-order valence-electron chi connectivity index (χ1n) is 7.80. The second-order valence-corrected chi connectivity index (χ2v) is 8.34. The third kappa shape index (κ3) is 3.29. The fourth-order valence-corrected chi connectivity index (χ4v) is 3.50. The van der Waals surface area contributed by atoms with Gasteiger partial charge in [0.25, 0.3) is 0 Å². The highest BCUT2D eigenvalue weighted by Crippen LogP contribution is 2.29. The number of hydrogen-bond acceptors (Lipinski definition) is 3. The summed E-state index contributed by atoms with van der Waals surface area (Å²) in [6.07, 6.45) is 0. The van der Waals surface area contributed by atoms with Crippen molar-refractivity contribution in [3.63, 3.8) is 0 Å². The highest BCUT2D eigenvalue weighted by atomic mass is 32.2. The SMILES string of the molecule is CC(C)(C)c1ccc(S(=O)(=O)Oc2cccc3ccccc23)cc1. The smallest absolute Gasteiger partial charge is 0.339 e. The highest BCUT2D eigenvalue weighted by Gasteiger charge is 2.20. The molecule has 0 atom stereocenters. The zero-order chi connectivity index (χ0) is 17.4. The van der Waals surface area contributed by atoms with Crippen LogP contribution in [0.25, 0.3) is 10.8 Å². The third-order valence-electron chi connectivity index (χ3n) is 3.96. The molecule has 24 heavy (non-hydrogen) atoms. The van der Waals surface area contributed by atoms with Gasteiger partial charge in [-0.1, -0.05) is 69.3 Å². The quantitative estimate of drug-likeness (QED) is 0.637. The average Bonchev–Trinajstić information content (AvgIpc) is 2.54. The van der Waals surface area contributed by atoms with Crippen LogP contribution >= 0.6 is 0 Å². The Morgan fingerprint density at radius 1 is 0.792 bits per heavy atom. The van der Waals surface area contributed by atoms with E-state index in [0.717, 1.165) is 16.3 Å². The Labute approximate surface area is 143 Å². The molecule has 3 rings (SSSR count). The van der Waals surface area contributed by atoms with E-state index in [-0.39, 0.29) is 10.3 Å². The average molecular weight is 340 g/mol. The molecule has 0 aliphatic rings. The molecule has 0 fully saturated rings. The molecule has 0 bridgehead atoms. The summed E-state index contributed by atoms with van der Waals surface area (Å²) >= 11 is 0. The lowest BCUT2D eigenvalue weighted by molar-refractivity contribution is 0.488. The van der Waals surface area contributed by atoms with Gasteiger partial charge >= 0.3 is 10.1 Å². The van der Waals surface area contributed by atoms with Crippen molar-refractivity contribution in [2.75, 3.05) is 0 Å². The number of hydrogen-bond donors (Lipinski definition) is 0. The Morgan fingerprint density at radius 3 is 2.08 bits per heavy atom. The molecule has 0 spiro atoms. The van der Waals surface area contributed by atoms with Crippen molar-refractivity contribution in [2.45, 2.75) is 31.1 Å². The Hall–Kier alpha value is -2.33. The van der Waals surface area contributed by atoms with E-state index < -0.39 is 10.1 Å². The fourth-order valence-electron chi connectivity index (χ4n) is 2.56. The molecular formula is C20H20O3S. The minimum Gasteiger partial charge on any atom is -0.378 e. The van der Waals surface area contributed by atoms with Gasteiger partial charge in [0.1, 0.15) is 4.90 Å². The molecule has 0 saturated heterocycles. The van der Waals surface area contributed by atoms with Gasteiger partial charge in [-0.15, -0.1) is 0 Å². The van der Waals surface area contributed by atoms with E-state index in [1.165, 1.54) is 0 Å². The van der Waals surface area contributed by atoms with Gasteiger partial charge in [0.2, 0.25) is 0 Å². The van der Waals surface area contributed by atoms with Gasteiger partial charge in [0, 0.05) is 5.39 Å². The van der Waals surface area contributed by atoms with E-state index in [4.69, 9.17) is 4.18 Å². The van der Waals surface area contributed by atoms with Crippen LogP contribution in [0.5, 0.6) is 5.75 Å². The maximum atomic E-state index is 12.6. The molecule has 0 aromatic heterocycles. The molecule has 0 heterocycles. The van der Waals surface area contributed by atoms with Gasteiger partial charge < -0.3 is 4.18 Å². The van der Waals surface area contributed by atoms with Gasteiger partial charge in [-0.3, -0.25) is 0 Å². The number of benzene rings is 3. The van der Waals surface area contributed by atoms with Crippen molar-refractivity contribution in [1.29, 1.82) is 0 Å². The molecule has 0 N–H and O–H groups in total. The van der Waals surface area contributed by atoms with E-state index in [2.05, 4.69) is 20.8 Å². The van der Waals surface area contributed by atoms with Crippen LogP contribution in [0, 0.1) is 0 Å². The molecule has 0 aliphatic carbocycles. The predicted molar refractivity (Wildman–Crippen MR) is 96.9 cm³/mol. The molecular weight excluding hydrogens is 320 g/mol. The first-order chi connectivity index (χ1) is 11.3. The Balaban J connectivity index is 1.96. The van der Waals surface area contributed by atoms with E-state index in [1.807, 2.05) is 42.5 Å². The summed E-state index contributed by atoms with van der Waals surface area (Å²) in [4.78, 5) is 0.156. The largest absolute Gasteiger partial charge is 0.378 e. The van der Waals surface area contributed by atoms with E-state index in [9.17, 15) is 8.42 Å². The summed E-state index contributed by atoms with van der Waals surface area (Å²) in [5.41, 5.74) is 1.05. The Kier molecular flexibility index (Phi) is 4.10. The first kappa shape index (κ1) is 16.5. The standard InChI is InChI=1S/C20H20O3S/c1-20(2,3)16-11-13-17(14-12-16)24(21,22)23-19-10-6-8-15-7-4-5-9-18(15)19/h4-14H,1-3H3. The van der Waals surface area contributed by atoms with Crippen LogP contribution < -0.4 is 4.18 Å². The topological polar surface area (TPSA) is 43.4 Å². The molecule has 3 aromatic rings. The van der Waals surface area contributed by atoms with Crippen LogP contribution in [0.2, 0.25) is 0 Å².